The zero-order chi connectivity index (χ0) is 22.7. The fourth-order valence-corrected chi connectivity index (χ4v) is 6.42. The van der Waals surface area contributed by atoms with Gasteiger partial charge in [0.2, 0.25) is 0 Å². The molecule has 0 atom stereocenters. The van der Waals surface area contributed by atoms with E-state index in [0.717, 1.165) is 51.2 Å². The van der Waals surface area contributed by atoms with Crippen molar-refractivity contribution in [1.29, 1.82) is 0 Å². The summed E-state index contributed by atoms with van der Waals surface area (Å²) in [5.74, 6) is 0. The predicted molar refractivity (Wildman–Crippen MR) is 140 cm³/mol. The standard InChI is InChI=1S/C31H18N4/c1-2-4-21-17(3-1)9-18-12-24-19(11-23(18)21)10-20-13-28-30(14-25(20)24)35-29-6-8-33-15-26(29)22-5-7-32-16-27(22)31(35)34-28/h1-8,11-16H,9-10H2. The van der Waals surface area contributed by atoms with E-state index in [1.807, 2.05) is 24.8 Å². The van der Waals surface area contributed by atoms with Gasteiger partial charge < -0.3 is 0 Å². The number of imidazole rings is 1. The second-order valence-electron chi connectivity index (χ2n) is 9.76. The van der Waals surface area contributed by atoms with Crippen LogP contribution in [0.3, 0.4) is 0 Å². The van der Waals surface area contributed by atoms with E-state index in [1.165, 1.54) is 44.5 Å². The molecule has 4 heterocycles. The van der Waals surface area contributed by atoms with Crippen molar-refractivity contribution in [2.75, 3.05) is 0 Å². The summed E-state index contributed by atoms with van der Waals surface area (Å²) >= 11 is 0. The minimum Gasteiger partial charge on any atom is -0.292 e. The van der Waals surface area contributed by atoms with E-state index in [2.05, 4.69) is 75.0 Å². The van der Waals surface area contributed by atoms with Crippen molar-refractivity contribution in [3.8, 4) is 22.3 Å². The molecule has 35 heavy (non-hydrogen) atoms. The lowest BCUT2D eigenvalue weighted by molar-refractivity contribution is 1.24. The number of hydrogen-bond acceptors (Lipinski definition) is 3. The lowest BCUT2D eigenvalue weighted by atomic mass is 9.98. The fraction of sp³-hybridized carbons (Fsp3) is 0.0645. The summed E-state index contributed by atoms with van der Waals surface area (Å²) in [4.78, 5) is 14.0. The Balaban J connectivity index is 1.35. The van der Waals surface area contributed by atoms with Crippen LogP contribution in [0.15, 0.2) is 85.5 Å². The van der Waals surface area contributed by atoms with Crippen molar-refractivity contribution in [1.82, 2.24) is 19.4 Å². The van der Waals surface area contributed by atoms with Crippen molar-refractivity contribution in [2.24, 2.45) is 0 Å². The topological polar surface area (TPSA) is 43.1 Å². The Labute approximate surface area is 200 Å². The van der Waals surface area contributed by atoms with Crippen LogP contribution in [-0.4, -0.2) is 19.4 Å². The maximum Gasteiger partial charge on any atom is 0.147 e. The van der Waals surface area contributed by atoms with E-state index in [0.29, 0.717) is 0 Å². The molecule has 0 N–H and O–H groups in total. The molecule has 0 radical (unpaired) electrons. The van der Waals surface area contributed by atoms with E-state index in [4.69, 9.17) is 4.98 Å². The Kier molecular flexibility index (Phi) is 3.11. The van der Waals surface area contributed by atoms with Gasteiger partial charge in [0.15, 0.2) is 0 Å². The smallest absolute Gasteiger partial charge is 0.147 e. The number of rotatable bonds is 0. The SMILES string of the molecule is c1ccc2c(c1)Cc1cc3c(cc1-2)Cc1cc2nc4c5cnccc5c5cnccc5n4c2cc1-3. The lowest BCUT2D eigenvalue weighted by Gasteiger charge is -2.09. The van der Waals surface area contributed by atoms with Crippen molar-refractivity contribution in [3.05, 3.63) is 108 Å². The molecule has 3 aromatic carbocycles. The molecule has 0 fully saturated rings. The number of nitrogens with zero attached hydrogens (tertiary/aromatic N) is 4. The van der Waals surface area contributed by atoms with E-state index in [1.54, 1.807) is 0 Å². The molecule has 4 aromatic heterocycles. The molecule has 9 rings (SSSR count). The zero-order valence-electron chi connectivity index (χ0n) is 18.8. The van der Waals surface area contributed by atoms with Gasteiger partial charge in [0.1, 0.15) is 5.65 Å². The van der Waals surface area contributed by atoms with Gasteiger partial charge in [-0.3, -0.25) is 14.4 Å². The first-order chi connectivity index (χ1) is 17.3. The summed E-state index contributed by atoms with van der Waals surface area (Å²) in [7, 11) is 0. The summed E-state index contributed by atoms with van der Waals surface area (Å²) in [5, 5.41) is 3.31. The highest BCUT2D eigenvalue weighted by Gasteiger charge is 2.26. The molecular weight excluding hydrogens is 428 g/mol. The van der Waals surface area contributed by atoms with Gasteiger partial charge in [0.25, 0.3) is 0 Å². The van der Waals surface area contributed by atoms with Crippen LogP contribution in [0, 0.1) is 0 Å². The van der Waals surface area contributed by atoms with Crippen molar-refractivity contribution in [3.63, 3.8) is 0 Å². The largest absolute Gasteiger partial charge is 0.292 e. The average Bonchev–Trinajstić information content (AvgIpc) is 3.56. The molecule has 2 aliphatic rings. The Hall–Kier alpha value is -4.57. The highest BCUT2D eigenvalue weighted by molar-refractivity contribution is 6.13. The first kappa shape index (κ1) is 17.8. The second-order valence-corrected chi connectivity index (χ2v) is 9.76. The predicted octanol–water partition coefficient (Wildman–Crippen LogP) is 6.73. The first-order valence-corrected chi connectivity index (χ1v) is 12.0. The highest BCUT2D eigenvalue weighted by atomic mass is 15.0. The van der Waals surface area contributed by atoms with Gasteiger partial charge in [-0.15, -0.1) is 0 Å². The van der Waals surface area contributed by atoms with Crippen LogP contribution in [0.5, 0.6) is 0 Å². The van der Waals surface area contributed by atoms with Crippen molar-refractivity contribution in [2.45, 2.75) is 12.8 Å². The third-order valence-corrected chi connectivity index (χ3v) is 7.96. The highest BCUT2D eigenvalue weighted by Crippen LogP contribution is 2.46. The Bertz CT molecular complexity index is 2070. The molecule has 0 bridgehead atoms. The summed E-state index contributed by atoms with van der Waals surface area (Å²) in [6, 6.07) is 22.5. The van der Waals surface area contributed by atoms with Crippen LogP contribution < -0.4 is 0 Å². The molecule has 4 heteroatoms. The lowest BCUT2D eigenvalue weighted by Crippen LogP contribution is -1.92. The third-order valence-electron chi connectivity index (χ3n) is 7.96. The molecule has 0 unspecified atom stereocenters. The number of fused-ring (bicyclic) bond motifs is 14. The molecule has 0 spiro atoms. The number of pyridine rings is 3. The number of hydrogen-bond donors (Lipinski definition) is 0. The molecule has 0 aliphatic heterocycles. The second kappa shape index (κ2) is 6.10. The van der Waals surface area contributed by atoms with Crippen LogP contribution >= 0.6 is 0 Å². The quantitative estimate of drug-likeness (QED) is 0.243. The monoisotopic (exact) mass is 446 g/mol. The molecule has 0 saturated carbocycles. The summed E-state index contributed by atoms with van der Waals surface area (Å²) in [6.45, 7) is 0. The van der Waals surface area contributed by atoms with E-state index in [9.17, 15) is 0 Å². The van der Waals surface area contributed by atoms with E-state index in [-0.39, 0.29) is 0 Å². The van der Waals surface area contributed by atoms with Crippen molar-refractivity contribution >= 4 is 38.4 Å². The van der Waals surface area contributed by atoms with Crippen LogP contribution in [0.1, 0.15) is 22.3 Å². The van der Waals surface area contributed by atoms with E-state index >= 15 is 0 Å². The first-order valence-electron chi connectivity index (χ1n) is 12.0. The molecule has 2 aliphatic carbocycles. The summed E-state index contributed by atoms with van der Waals surface area (Å²) < 4.78 is 2.29. The van der Waals surface area contributed by atoms with Gasteiger partial charge >= 0.3 is 0 Å². The van der Waals surface area contributed by atoms with Gasteiger partial charge in [0, 0.05) is 35.6 Å². The Morgan fingerprint density at radius 2 is 1.29 bits per heavy atom. The number of aromatic nitrogens is 4. The maximum atomic E-state index is 5.13. The third kappa shape index (κ3) is 2.20. The summed E-state index contributed by atoms with van der Waals surface area (Å²) in [5.41, 5.74) is 15.4. The van der Waals surface area contributed by atoms with Gasteiger partial charge in [-0.05, 0) is 99.1 Å². The van der Waals surface area contributed by atoms with Crippen LogP contribution in [0.4, 0.5) is 0 Å². The van der Waals surface area contributed by atoms with Gasteiger partial charge in [-0.2, -0.15) is 0 Å². The molecule has 0 saturated heterocycles. The normalized spacial score (nSPS) is 13.5. The minimum atomic E-state index is 0.954. The zero-order valence-corrected chi connectivity index (χ0v) is 18.8. The van der Waals surface area contributed by atoms with Crippen LogP contribution in [-0.2, 0) is 12.8 Å². The fourth-order valence-electron chi connectivity index (χ4n) is 6.42. The Morgan fingerprint density at radius 1 is 0.571 bits per heavy atom. The molecule has 4 nitrogen and oxygen atoms in total. The Morgan fingerprint density at radius 3 is 2.20 bits per heavy atom. The average molecular weight is 447 g/mol. The molecular formula is C31H18N4. The van der Waals surface area contributed by atoms with Gasteiger partial charge in [0.05, 0.1) is 16.6 Å². The maximum absolute atomic E-state index is 5.13. The molecule has 162 valence electrons. The number of benzene rings is 3. The van der Waals surface area contributed by atoms with Gasteiger partial charge in [-0.1, -0.05) is 24.3 Å². The van der Waals surface area contributed by atoms with Gasteiger partial charge in [-0.25, -0.2) is 4.98 Å². The van der Waals surface area contributed by atoms with E-state index < -0.39 is 0 Å². The summed E-state index contributed by atoms with van der Waals surface area (Å²) in [6.07, 6.45) is 9.55. The molecule has 0 amide bonds. The van der Waals surface area contributed by atoms with Crippen LogP contribution in [0.25, 0.3) is 60.6 Å². The molecule has 7 aromatic rings. The minimum absolute atomic E-state index is 0.954. The van der Waals surface area contributed by atoms with Crippen LogP contribution in [0.2, 0.25) is 0 Å². The van der Waals surface area contributed by atoms with Crippen molar-refractivity contribution < 1.29 is 0 Å².